The molecule has 0 bridgehead atoms. The molecule has 0 atom stereocenters. The number of nitrogens with one attached hydrogen (secondary N) is 1. The molecule has 0 saturated heterocycles. The van der Waals surface area contributed by atoms with Crippen LogP contribution in [0, 0.1) is 17.3 Å². The van der Waals surface area contributed by atoms with Gasteiger partial charge in [-0.2, -0.15) is 9.65 Å². The number of pyridine rings is 1. The van der Waals surface area contributed by atoms with Gasteiger partial charge in [-0.3, -0.25) is 4.79 Å². The van der Waals surface area contributed by atoms with E-state index in [9.17, 15) is 9.18 Å². The van der Waals surface area contributed by atoms with Gasteiger partial charge < -0.3 is 5.32 Å². The van der Waals surface area contributed by atoms with Crippen LogP contribution >= 0.6 is 15.9 Å². The molecule has 1 aromatic carbocycles. The molecule has 2 rings (SSSR count). The molecule has 1 amide bonds. The quantitative estimate of drug-likeness (QED) is 0.865. The maximum atomic E-state index is 12.7. The Morgan fingerprint density at radius 3 is 2.79 bits per heavy atom. The Bertz CT molecular complexity index is 665. The van der Waals surface area contributed by atoms with Gasteiger partial charge >= 0.3 is 0 Å². The molecule has 2 aromatic rings. The number of anilines is 1. The first kappa shape index (κ1) is 13.2. The Balaban J connectivity index is 2.26. The molecule has 0 fully saturated rings. The monoisotopic (exact) mass is 319 g/mol. The molecule has 94 valence electrons. The van der Waals surface area contributed by atoms with E-state index in [1.807, 2.05) is 6.07 Å². The minimum atomic E-state index is -0.656. The maximum Gasteiger partial charge on any atom is 0.257 e. The second-order valence-corrected chi connectivity index (χ2v) is 4.54. The van der Waals surface area contributed by atoms with Crippen LogP contribution < -0.4 is 5.32 Å². The lowest BCUT2D eigenvalue weighted by atomic mass is 10.2. The van der Waals surface area contributed by atoms with Gasteiger partial charge in [-0.1, -0.05) is 15.9 Å². The molecular weight excluding hydrogens is 313 g/mol. The zero-order valence-electron chi connectivity index (χ0n) is 9.52. The second kappa shape index (κ2) is 5.59. The van der Waals surface area contributed by atoms with Crippen LogP contribution in [0.1, 0.15) is 15.9 Å². The van der Waals surface area contributed by atoms with Crippen molar-refractivity contribution < 1.29 is 9.18 Å². The average Bonchev–Trinajstić information content (AvgIpc) is 2.39. The number of hydrogen-bond donors (Lipinski definition) is 1. The van der Waals surface area contributed by atoms with Gasteiger partial charge in [0.2, 0.25) is 5.95 Å². The summed E-state index contributed by atoms with van der Waals surface area (Å²) in [5, 5.41) is 11.5. The number of benzene rings is 1. The van der Waals surface area contributed by atoms with Gasteiger partial charge in [0.05, 0.1) is 16.8 Å². The molecule has 1 heterocycles. The number of rotatable bonds is 2. The van der Waals surface area contributed by atoms with Crippen molar-refractivity contribution in [1.82, 2.24) is 4.98 Å². The predicted octanol–water partition coefficient (Wildman–Crippen LogP) is 3.11. The van der Waals surface area contributed by atoms with Crippen LogP contribution in [-0.4, -0.2) is 10.9 Å². The van der Waals surface area contributed by atoms with Crippen molar-refractivity contribution in [3.63, 3.8) is 0 Å². The van der Waals surface area contributed by atoms with Gasteiger partial charge in [-0.15, -0.1) is 0 Å². The molecule has 0 saturated carbocycles. The maximum absolute atomic E-state index is 12.7. The molecule has 0 radical (unpaired) electrons. The summed E-state index contributed by atoms with van der Waals surface area (Å²) in [7, 11) is 0. The lowest BCUT2D eigenvalue weighted by molar-refractivity contribution is 0.102. The van der Waals surface area contributed by atoms with E-state index in [4.69, 9.17) is 5.26 Å². The highest BCUT2D eigenvalue weighted by Crippen LogP contribution is 2.21. The van der Waals surface area contributed by atoms with E-state index in [2.05, 4.69) is 26.2 Å². The summed E-state index contributed by atoms with van der Waals surface area (Å²) in [4.78, 5) is 15.3. The molecule has 19 heavy (non-hydrogen) atoms. The molecule has 4 nitrogen and oxygen atoms in total. The van der Waals surface area contributed by atoms with Crippen LogP contribution in [0.15, 0.2) is 41.0 Å². The lowest BCUT2D eigenvalue weighted by Gasteiger charge is -2.07. The van der Waals surface area contributed by atoms with Gasteiger partial charge in [-0.05, 0) is 30.3 Å². The Morgan fingerprint density at radius 2 is 2.16 bits per heavy atom. The molecule has 1 aromatic heterocycles. The average molecular weight is 320 g/mol. The largest absolute Gasteiger partial charge is 0.321 e. The highest BCUT2D eigenvalue weighted by Gasteiger charge is 2.10. The zero-order chi connectivity index (χ0) is 13.8. The van der Waals surface area contributed by atoms with Gasteiger partial charge in [0.25, 0.3) is 5.91 Å². The second-order valence-electron chi connectivity index (χ2n) is 3.63. The SMILES string of the molecule is N#Cc1ccc(Br)cc1NC(=O)c1ccc(F)nc1. The number of carbonyl (C=O) groups is 1. The number of aromatic nitrogens is 1. The fourth-order valence-corrected chi connectivity index (χ4v) is 1.78. The van der Waals surface area contributed by atoms with Crippen LogP contribution in [-0.2, 0) is 0 Å². The summed E-state index contributed by atoms with van der Waals surface area (Å²) in [5.41, 5.74) is 0.933. The molecule has 0 aliphatic carbocycles. The first-order chi connectivity index (χ1) is 9.10. The number of hydrogen-bond acceptors (Lipinski definition) is 3. The Labute approximate surface area is 117 Å². The Kier molecular flexibility index (Phi) is 3.88. The van der Waals surface area contributed by atoms with Crippen molar-refractivity contribution in [1.29, 1.82) is 5.26 Å². The van der Waals surface area contributed by atoms with Gasteiger partial charge in [0, 0.05) is 10.7 Å². The first-order valence-electron chi connectivity index (χ1n) is 5.22. The fraction of sp³-hybridized carbons (Fsp3) is 0. The summed E-state index contributed by atoms with van der Waals surface area (Å²) < 4.78 is 13.4. The van der Waals surface area contributed by atoms with Gasteiger partial charge in [-0.25, -0.2) is 4.98 Å². The van der Waals surface area contributed by atoms with Crippen LogP contribution in [0.4, 0.5) is 10.1 Å². The molecular formula is C13H7BrFN3O. The summed E-state index contributed by atoms with van der Waals surface area (Å²) in [6, 6.07) is 9.30. The number of nitrogens with zero attached hydrogens (tertiary/aromatic N) is 2. The van der Waals surface area contributed by atoms with Crippen molar-refractivity contribution in [2.24, 2.45) is 0 Å². The molecule has 6 heteroatoms. The summed E-state index contributed by atoms with van der Waals surface area (Å²) in [6.07, 6.45) is 1.13. The minimum absolute atomic E-state index is 0.213. The van der Waals surface area contributed by atoms with Gasteiger partial charge in [0.15, 0.2) is 0 Å². The van der Waals surface area contributed by atoms with Crippen LogP contribution in [0.2, 0.25) is 0 Å². The summed E-state index contributed by atoms with van der Waals surface area (Å²) in [6.45, 7) is 0. The van der Waals surface area contributed by atoms with Crippen molar-refractivity contribution >= 4 is 27.5 Å². The molecule has 0 unspecified atom stereocenters. The lowest BCUT2D eigenvalue weighted by Crippen LogP contribution is -2.13. The van der Waals surface area contributed by atoms with E-state index in [1.165, 1.54) is 6.07 Å². The number of nitriles is 1. The van der Waals surface area contributed by atoms with E-state index in [1.54, 1.807) is 18.2 Å². The minimum Gasteiger partial charge on any atom is -0.321 e. The van der Waals surface area contributed by atoms with E-state index in [0.717, 1.165) is 16.7 Å². The van der Waals surface area contributed by atoms with Crippen LogP contribution in [0.3, 0.4) is 0 Å². The summed E-state index contributed by atoms with van der Waals surface area (Å²) >= 11 is 3.26. The molecule has 0 spiro atoms. The highest BCUT2D eigenvalue weighted by molar-refractivity contribution is 9.10. The van der Waals surface area contributed by atoms with E-state index < -0.39 is 11.9 Å². The number of halogens is 2. The number of amides is 1. The van der Waals surface area contributed by atoms with E-state index in [0.29, 0.717) is 11.3 Å². The van der Waals surface area contributed by atoms with Crippen LogP contribution in [0.5, 0.6) is 0 Å². The molecule has 0 aliphatic heterocycles. The zero-order valence-corrected chi connectivity index (χ0v) is 11.1. The van der Waals surface area contributed by atoms with E-state index in [-0.39, 0.29) is 5.56 Å². The van der Waals surface area contributed by atoms with Gasteiger partial charge in [0.1, 0.15) is 6.07 Å². The predicted molar refractivity (Wildman–Crippen MR) is 71.0 cm³/mol. The standard InChI is InChI=1S/C13H7BrFN3O/c14-10-3-1-8(6-16)11(5-10)18-13(19)9-2-4-12(15)17-7-9/h1-5,7H,(H,18,19). The van der Waals surface area contributed by atoms with E-state index >= 15 is 0 Å². The smallest absolute Gasteiger partial charge is 0.257 e. The molecule has 1 N–H and O–H groups in total. The molecule has 0 aliphatic rings. The third kappa shape index (κ3) is 3.14. The van der Waals surface area contributed by atoms with Crippen molar-refractivity contribution in [3.8, 4) is 6.07 Å². The topological polar surface area (TPSA) is 65.8 Å². The van der Waals surface area contributed by atoms with Crippen molar-refractivity contribution in [2.45, 2.75) is 0 Å². The van der Waals surface area contributed by atoms with Crippen molar-refractivity contribution in [2.75, 3.05) is 5.32 Å². The fourth-order valence-electron chi connectivity index (χ4n) is 1.42. The number of carbonyl (C=O) groups excluding carboxylic acids is 1. The first-order valence-corrected chi connectivity index (χ1v) is 6.02. The van der Waals surface area contributed by atoms with Crippen LogP contribution in [0.25, 0.3) is 0 Å². The third-order valence-electron chi connectivity index (χ3n) is 2.34. The normalized spacial score (nSPS) is 9.74. The summed E-state index contributed by atoms with van der Waals surface area (Å²) in [5.74, 6) is -1.11. The third-order valence-corrected chi connectivity index (χ3v) is 2.83. The highest BCUT2D eigenvalue weighted by atomic mass is 79.9. The Hall–Kier alpha value is -2.26. The van der Waals surface area contributed by atoms with Crippen molar-refractivity contribution in [3.05, 3.63) is 58.1 Å². The Morgan fingerprint density at radius 1 is 1.37 bits per heavy atom.